The van der Waals surface area contributed by atoms with E-state index in [1.807, 2.05) is 50.2 Å². The normalized spacial score (nSPS) is 16.6. The van der Waals surface area contributed by atoms with Crippen molar-refractivity contribution in [2.75, 3.05) is 38.8 Å². The zero-order chi connectivity index (χ0) is 28.1. The smallest absolute Gasteiger partial charge is 0.297 e. The second-order valence-corrected chi connectivity index (χ2v) is 11.6. The molecular weight excluding hydrogens is 532 g/mol. The molecule has 1 saturated heterocycles. The first-order valence-corrected chi connectivity index (χ1v) is 14.7. The van der Waals surface area contributed by atoms with Crippen LogP contribution in [-0.4, -0.2) is 59.7 Å². The van der Waals surface area contributed by atoms with Crippen molar-refractivity contribution in [1.82, 2.24) is 4.98 Å². The van der Waals surface area contributed by atoms with Crippen LogP contribution in [-0.2, 0) is 23.8 Å². The third-order valence-electron chi connectivity index (χ3n) is 6.63. The quantitative estimate of drug-likeness (QED) is 0.216. The minimum Gasteiger partial charge on any atom is -0.491 e. The molecule has 9 nitrogen and oxygen atoms in total. The predicted molar refractivity (Wildman–Crippen MR) is 152 cm³/mol. The van der Waals surface area contributed by atoms with Gasteiger partial charge in [0, 0.05) is 38.0 Å². The van der Waals surface area contributed by atoms with Gasteiger partial charge in [0.05, 0.1) is 11.5 Å². The second kappa shape index (κ2) is 12.4. The van der Waals surface area contributed by atoms with Gasteiger partial charge in [0.25, 0.3) is 10.1 Å². The van der Waals surface area contributed by atoms with E-state index in [2.05, 4.69) is 4.98 Å². The molecule has 0 N–H and O–H groups in total. The topological polar surface area (TPSA) is 100 Å². The molecule has 5 rings (SSSR count). The Morgan fingerprint density at radius 1 is 1.00 bits per heavy atom. The Morgan fingerprint density at radius 2 is 1.77 bits per heavy atom. The van der Waals surface area contributed by atoms with E-state index in [0.717, 1.165) is 36.1 Å². The summed E-state index contributed by atoms with van der Waals surface area (Å²) < 4.78 is 54.6. The molecule has 40 heavy (non-hydrogen) atoms. The number of benzene rings is 3. The summed E-state index contributed by atoms with van der Waals surface area (Å²) >= 11 is 0. The molecule has 212 valence electrons. The van der Waals surface area contributed by atoms with Crippen LogP contribution in [0.4, 0.5) is 5.69 Å². The number of oxazole rings is 1. The van der Waals surface area contributed by atoms with E-state index in [-0.39, 0.29) is 18.1 Å². The third-order valence-corrected chi connectivity index (χ3v) is 7.92. The van der Waals surface area contributed by atoms with Crippen LogP contribution < -0.4 is 9.64 Å². The van der Waals surface area contributed by atoms with Crippen molar-refractivity contribution < 1.29 is 31.2 Å². The standard InChI is InChI=1S/C30H34N2O7S/c1-21-7-14-26(15-8-21)40(33,34)37-20-25(38-29-6-4-5-17-35-29)19-36-24-13-16-28-27(18-24)31-30(39-28)22-9-11-23(12-10-22)32(2)3/h7-16,18,25,29H,4-6,17,19-20H2,1-3H3/t25-,29?/m0/s1. The van der Waals surface area contributed by atoms with Crippen molar-refractivity contribution in [3.8, 4) is 17.2 Å². The lowest BCUT2D eigenvalue weighted by molar-refractivity contribution is -0.198. The summed E-state index contributed by atoms with van der Waals surface area (Å²) in [6.45, 7) is 2.34. The average molecular weight is 567 g/mol. The van der Waals surface area contributed by atoms with Crippen molar-refractivity contribution in [2.24, 2.45) is 0 Å². The summed E-state index contributed by atoms with van der Waals surface area (Å²) in [5, 5.41) is 0. The zero-order valence-electron chi connectivity index (χ0n) is 22.9. The van der Waals surface area contributed by atoms with E-state index in [9.17, 15) is 8.42 Å². The summed E-state index contributed by atoms with van der Waals surface area (Å²) in [5.41, 5.74) is 4.20. The van der Waals surface area contributed by atoms with E-state index in [1.54, 1.807) is 30.3 Å². The fraction of sp³-hybridized carbons (Fsp3) is 0.367. The number of hydrogen-bond acceptors (Lipinski definition) is 9. The van der Waals surface area contributed by atoms with Gasteiger partial charge in [-0.1, -0.05) is 17.7 Å². The highest BCUT2D eigenvalue weighted by Crippen LogP contribution is 2.28. The van der Waals surface area contributed by atoms with E-state index < -0.39 is 22.5 Å². The Labute approximate surface area is 234 Å². The van der Waals surface area contributed by atoms with Gasteiger partial charge in [0.2, 0.25) is 5.89 Å². The molecule has 1 unspecified atom stereocenters. The number of aryl methyl sites for hydroxylation is 1. The SMILES string of the molecule is Cc1ccc(S(=O)(=O)OC[C@H](COc2ccc3oc(-c4ccc(N(C)C)cc4)nc3c2)OC2CCCCO2)cc1. The Morgan fingerprint density at radius 3 is 2.48 bits per heavy atom. The Kier molecular flexibility index (Phi) is 8.70. The van der Waals surface area contributed by atoms with Crippen molar-refractivity contribution in [2.45, 2.75) is 43.5 Å². The van der Waals surface area contributed by atoms with Gasteiger partial charge in [-0.2, -0.15) is 8.42 Å². The van der Waals surface area contributed by atoms with Gasteiger partial charge in [-0.25, -0.2) is 4.98 Å². The summed E-state index contributed by atoms with van der Waals surface area (Å²) in [7, 11) is 0.0206. The van der Waals surface area contributed by atoms with Crippen molar-refractivity contribution in [3.05, 3.63) is 72.3 Å². The maximum atomic E-state index is 12.8. The van der Waals surface area contributed by atoms with E-state index in [0.29, 0.717) is 29.3 Å². The molecule has 10 heteroatoms. The summed E-state index contributed by atoms with van der Waals surface area (Å²) in [6.07, 6.45) is 1.56. The largest absolute Gasteiger partial charge is 0.491 e. The predicted octanol–water partition coefficient (Wildman–Crippen LogP) is 5.57. The average Bonchev–Trinajstić information content (AvgIpc) is 3.39. The number of rotatable bonds is 11. The van der Waals surface area contributed by atoms with Crippen molar-refractivity contribution in [1.29, 1.82) is 0 Å². The fourth-order valence-electron chi connectivity index (χ4n) is 4.31. The fourth-order valence-corrected chi connectivity index (χ4v) is 5.25. The van der Waals surface area contributed by atoms with Crippen LogP contribution >= 0.6 is 0 Å². The molecule has 1 aliphatic heterocycles. The Bertz CT molecular complexity index is 1510. The molecule has 2 heterocycles. The van der Waals surface area contributed by atoms with E-state index in [1.165, 1.54) is 12.1 Å². The minimum atomic E-state index is -3.96. The molecule has 0 bridgehead atoms. The lowest BCUT2D eigenvalue weighted by Crippen LogP contribution is -2.35. The Hall–Kier alpha value is -3.44. The second-order valence-electron chi connectivity index (χ2n) is 10.0. The molecule has 1 fully saturated rings. The molecule has 1 aliphatic rings. The number of aromatic nitrogens is 1. The maximum absolute atomic E-state index is 12.8. The number of nitrogens with zero attached hydrogens (tertiary/aromatic N) is 2. The highest BCUT2D eigenvalue weighted by molar-refractivity contribution is 7.86. The molecule has 2 atom stereocenters. The lowest BCUT2D eigenvalue weighted by Gasteiger charge is -2.27. The maximum Gasteiger partial charge on any atom is 0.297 e. The van der Waals surface area contributed by atoms with Gasteiger partial charge in [-0.3, -0.25) is 4.18 Å². The van der Waals surface area contributed by atoms with Gasteiger partial charge in [-0.15, -0.1) is 0 Å². The van der Waals surface area contributed by atoms with Crippen LogP contribution in [0.5, 0.6) is 5.75 Å². The van der Waals surface area contributed by atoms with Crippen LogP contribution in [0, 0.1) is 6.92 Å². The zero-order valence-corrected chi connectivity index (χ0v) is 23.7. The number of ether oxygens (including phenoxy) is 3. The molecule has 0 amide bonds. The van der Waals surface area contributed by atoms with Gasteiger partial charge in [-0.05, 0) is 74.7 Å². The van der Waals surface area contributed by atoms with Crippen LogP contribution in [0.2, 0.25) is 0 Å². The molecular formula is C30H34N2O7S. The van der Waals surface area contributed by atoms with Gasteiger partial charge in [0.1, 0.15) is 24.0 Å². The minimum absolute atomic E-state index is 0.0610. The van der Waals surface area contributed by atoms with Gasteiger partial charge < -0.3 is 23.5 Å². The molecule has 0 radical (unpaired) electrons. The molecule has 4 aromatic rings. The number of fused-ring (bicyclic) bond motifs is 1. The lowest BCUT2D eigenvalue weighted by atomic mass is 10.2. The Balaban J connectivity index is 1.27. The van der Waals surface area contributed by atoms with E-state index in [4.69, 9.17) is 22.8 Å². The van der Waals surface area contributed by atoms with Crippen molar-refractivity contribution in [3.63, 3.8) is 0 Å². The van der Waals surface area contributed by atoms with Crippen LogP contribution in [0.3, 0.4) is 0 Å². The highest BCUT2D eigenvalue weighted by Gasteiger charge is 2.24. The monoisotopic (exact) mass is 566 g/mol. The van der Waals surface area contributed by atoms with Crippen LogP contribution in [0.1, 0.15) is 24.8 Å². The summed E-state index contributed by atoms with van der Waals surface area (Å²) in [5.74, 6) is 1.07. The summed E-state index contributed by atoms with van der Waals surface area (Å²) in [6, 6.07) is 19.8. The molecule has 3 aromatic carbocycles. The highest BCUT2D eigenvalue weighted by atomic mass is 32.2. The molecule has 0 saturated carbocycles. The first kappa shape index (κ1) is 28.1. The van der Waals surface area contributed by atoms with Crippen LogP contribution in [0.15, 0.2) is 76.0 Å². The van der Waals surface area contributed by atoms with Crippen molar-refractivity contribution >= 4 is 26.9 Å². The first-order chi connectivity index (χ1) is 19.3. The molecule has 0 aliphatic carbocycles. The first-order valence-electron chi connectivity index (χ1n) is 13.3. The summed E-state index contributed by atoms with van der Waals surface area (Å²) in [4.78, 5) is 6.75. The molecule has 0 spiro atoms. The van der Waals surface area contributed by atoms with E-state index >= 15 is 0 Å². The molecule has 1 aromatic heterocycles. The number of hydrogen-bond donors (Lipinski definition) is 0. The van der Waals surface area contributed by atoms with Gasteiger partial charge >= 0.3 is 0 Å². The van der Waals surface area contributed by atoms with Gasteiger partial charge in [0.15, 0.2) is 11.9 Å². The number of anilines is 1. The van der Waals surface area contributed by atoms with Crippen LogP contribution in [0.25, 0.3) is 22.6 Å². The third kappa shape index (κ3) is 7.00.